The van der Waals surface area contributed by atoms with Crippen LogP contribution in [0.2, 0.25) is 0 Å². The van der Waals surface area contributed by atoms with E-state index in [0.29, 0.717) is 0 Å². The Bertz CT molecular complexity index is 900. The first-order valence-corrected chi connectivity index (χ1v) is 9.02. The van der Waals surface area contributed by atoms with Crippen molar-refractivity contribution in [1.82, 2.24) is 0 Å². The predicted molar refractivity (Wildman–Crippen MR) is 100 cm³/mol. The van der Waals surface area contributed by atoms with Crippen LogP contribution in [0.25, 0.3) is 5.57 Å². The van der Waals surface area contributed by atoms with Gasteiger partial charge in [-0.1, -0.05) is 55.3 Å². The molecule has 2 aliphatic carbocycles. The number of carbonyl (C=O) groups excluding carboxylic acids is 1. The minimum atomic E-state index is -0.361. The fourth-order valence-corrected chi connectivity index (χ4v) is 4.55. The molecular formula is C23H21FO2. The van der Waals surface area contributed by atoms with Gasteiger partial charge >= 0.3 is 5.97 Å². The molecule has 4 rings (SSSR count). The van der Waals surface area contributed by atoms with E-state index in [1.54, 1.807) is 0 Å². The van der Waals surface area contributed by atoms with E-state index in [2.05, 4.69) is 18.2 Å². The molecule has 0 aromatic heterocycles. The second kappa shape index (κ2) is 6.56. The van der Waals surface area contributed by atoms with Gasteiger partial charge in [0.1, 0.15) is 5.82 Å². The van der Waals surface area contributed by atoms with Gasteiger partial charge in [-0.15, -0.1) is 0 Å². The van der Waals surface area contributed by atoms with Crippen LogP contribution in [0.1, 0.15) is 42.4 Å². The Labute approximate surface area is 153 Å². The van der Waals surface area contributed by atoms with Crippen molar-refractivity contribution in [3.05, 3.63) is 88.8 Å². The first kappa shape index (κ1) is 16.8. The smallest absolute Gasteiger partial charge is 0.330 e. The van der Waals surface area contributed by atoms with Crippen molar-refractivity contribution in [3.8, 4) is 0 Å². The van der Waals surface area contributed by atoms with Crippen molar-refractivity contribution in [2.45, 2.75) is 31.1 Å². The van der Waals surface area contributed by atoms with Crippen LogP contribution in [-0.2, 0) is 14.9 Å². The number of fused-ring (bicyclic) bond motifs is 2. The Morgan fingerprint density at radius 2 is 1.77 bits per heavy atom. The Morgan fingerprint density at radius 3 is 2.46 bits per heavy atom. The van der Waals surface area contributed by atoms with Crippen molar-refractivity contribution in [2.24, 2.45) is 0 Å². The zero-order valence-corrected chi connectivity index (χ0v) is 14.8. The van der Waals surface area contributed by atoms with E-state index in [1.165, 1.54) is 49.3 Å². The zero-order valence-electron chi connectivity index (χ0n) is 14.8. The van der Waals surface area contributed by atoms with Gasteiger partial charge in [0, 0.05) is 11.5 Å². The summed E-state index contributed by atoms with van der Waals surface area (Å²) in [6.07, 6.45) is 7.88. The van der Waals surface area contributed by atoms with Gasteiger partial charge in [-0.05, 0) is 52.8 Å². The monoisotopic (exact) mass is 348 g/mol. The average molecular weight is 348 g/mol. The number of halogens is 1. The normalized spacial score (nSPS) is 17.9. The van der Waals surface area contributed by atoms with Gasteiger partial charge in [-0.2, -0.15) is 0 Å². The van der Waals surface area contributed by atoms with Crippen molar-refractivity contribution in [2.75, 3.05) is 7.11 Å². The molecule has 2 aromatic rings. The lowest BCUT2D eigenvalue weighted by Gasteiger charge is -2.27. The summed E-state index contributed by atoms with van der Waals surface area (Å²) in [5.74, 6) is -0.608. The molecule has 0 bridgehead atoms. The third-order valence-corrected chi connectivity index (χ3v) is 5.67. The number of carbonyl (C=O) groups is 1. The molecule has 2 nitrogen and oxygen atoms in total. The van der Waals surface area contributed by atoms with Crippen LogP contribution in [0.15, 0.2) is 66.3 Å². The number of hydrogen-bond donors (Lipinski definition) is 0. The molecule has 132 valence electrons. The summed E-state index contributed by atoms with van der Waals surface area (Å²) in [4.78, 5) is 11.8. The summed E-state index contributed by atoms with van der Waals surface area (Å²) >= 11 is 0. The van der Waals surface area contributed by atoms with Gasteiger partial charge < -0.3 is 4.74 Å². The standard InChI is InChI=1S/C23H21FO2/c1-26-21(25)13-12-20-22(16-8-10-17(24)11-9-16)18-6-2-3-7-19(18)23(20)14-4-5-15-23/h2-3,6-13H,4-5,14-15H2,1H3. The van der Waals surface area contributed by atoms with Crippen LogP contribution in [0.3, 0.4) is 0 Å². The van der Waals surface area contributed by atoms with Gasteiger partial charge in [0.25, 0.3) is 0 Å². The number of rotatable bonds is 3. The molecule has 0 aliphatic heterocycles. The molecule has 1 saturated carbocycles. The highest BCUT2D eigenvalue weighted by atomic mass is 19.1. The van der Waals surface area contributed by atoms with Gasteiger partial charge in [-0.3, -0.25) is 0 Å². The highest BCUT2D eigenvalue weighted by Crippen LogP contribution is 2.56. The number of allylic oxidation sites excluding steroid dienone is 2. The van der Waals surface area contributed by atoms with E-state index in [4.69, 9.17) is 4.74 Å². The summed E-state index contributed by atoms with van der Waals surface area (Å²) in [7, 11) is 1.39. The van der Waals surface area contributed by atoms with Crippen molar-refractivity contribution in [1.29, 1.82) is 0 Å². The number of methoxy groups -OCH3 is 1. The second-order valence-electron chi connectivity index (χ2n) is 6.99. The van der Waals surface area contributed by atoms with Crippen molar-refractivity contribution < 1.29 is 13.9 Å². The molecule has 2 aromatic carbocycles. The van der Waals surface area contributed by atoms with Crippen molar-refractivity contribution in [3.63, 3.8) is 0 Å². The van der Waals surface area contributed by atoms with Crippen LogP contribution < -0.4 is 0 Å². The molecule has 1 fully saturated rings. The quantitative estimate of drug-likeness (QED) is 0.564. The molecule has 3 heteroatoms. The highest BCUT2D eigenvalue weighted by molar-refractivity contribution is 5.93. The first-order valence-electron chi connectivity index (χ1n) is 9.02. The van der Waals surface area contributed by atoms with Gasteiger partial charge in [0.15, 0.2) is 0 Å². The molecule has 26 heavy (non-hydrogen) atoms. The summed E-state index contributed by atoms with van der Waals surface area (Å²) < 4.78 is 18.3. The SMILES string of the molecule is COC(=O)C=CC1=C(c2ccc(F)cc2)c2ccccc2C12CCCC2. The second-order valence-corrected chi connectivity index (χ2v) is 6.99. The van der Waals surface area contributed by atoms with Crippen LogP contribution in [0.4, 0.5) is 4.39 Å². The Balaban J connectivity index is 1.97. The van der Waals surface area contributed by atoms with Crippen molar-refractivity contribution >= 4 is 11.5 Å². The van der Waals surface area contributed by atoms with Gasteiger partial charge in [0.05, 0.1) is 7.11 Å². The predicted octanol–water partition coefficient (Wildman–Crippen LogP) is 5.18. The molecule has 0 saturated heterocycles. The summed E-state index contributed by atoms with van der Waals surface area (Å²) in [6, 6.07) is 15.1. The maximum atomic E-state index is 13.5. The Morgan fingerprint density at radius 1 is 1.08 bits per heavy atom. The third kappa shape index (κ3) is 2.59. The lowest BCUT2D eigenvalue weighted by Crippen LogP contribution is -2.21. The number of esters is 1. The fourth-order valence-electron chi connectivity index (χ4n) is 4.55. The minimum absolute atomic E-state index is 0.0646. The Hall–Kier alpha value is -2.68. The van der Waals surface area contributed by atoms with Crippen LogP contribution >= 0.6 is 0 Å². The molecule has 0 amide bonds. The van der Waals surface area contributed by atoms with E-state index in [9.17, 15) is 9.18 Å². The topological polar surface area (TPSA) is 26.3 Å². The molecule has 2 aliphatic rings. The minimum Gasteiger partial charge on any atom is -0.466 e. The maximum absolute atomic E-state index is 13.5. The molecule has 0 atom stereocenters. The largest absolute Gasteiger partial charge is 0.466 e. The molecule has 1 spiro atoms. The van der Waals surface area contributed by atoms with Crippen LogP contribution in [-0.4, -0.2) is 13.1 Å². The molecule has 0 radical (unpaired) electrons. The fraction of sp³-hybridized carbons (Fsp3) is 0.261. The van der Waals surface area contributed by atoms with E-state index in [0.717, 1.165) is 29.6 Å². The van der Waals surface area contributed by atoms with E-state index >= 15 is 0 Å². The van der Waals surface area contributed by atoms with Gasteiger partial charge in [0.2, 0.25) is 0 Å². The molecule has 0 N–H and O–H groups in total. The van der Waals surface area contributed by atoms with Crippen LogP contribution in [0, 0.1) is 5.82 Å². The summed E-state index contributed by atoms with van der Waals surface area (Å²) in [5.41, 5.74) is 5.67. The van der Waals surface area contributed by atoms with E-state index in [-0.39, 0.29) is 17.2 Å². The molecular weight excluding hydrogens is 327 g/mol. The molecule has 0 unspecified atom stereocenters. The highest BCUT2D eigenvalue weighted by Gasteiger charge is 2.45. The number of hydrogen-bond acceptors (Lipinski definition) is 2. The van der Waals surface area contributed by atoms with E-state index < -0.39 is 0 Å². The number of ether oxygens (including phenoxy) is 1. The lowest BCUT2D eigenvalue weighted by molar-refractivity contribution is -0.134. The third-order valence-electron chi connectivity index (χ3n) is 5.67. The lowest BCUT2D eigenvalue weighted by atomic mass is 9.75. The van der Waals surface area contributed by atoms with Crippen LogP contribution in [0.5, 0.6) is 0 Å². The number of benzene rings is 2. The summed E-state index contributed by atoms with van der Waals surface area (Å²) in [6.45, 7) is 0. The average Bonchev–Trinajstić information content (AvgIpc) is 3.26. The first-order chi connectivity index (χ1) is 12.7. The molecule has 0 heterocycles. The summed E-state index contributed by atoms with van der Waals surface area (Å²) in [5, 5.41) is 0. The Kier molecular flexibility index (Phi) is 4.23. The van der Waals surface area contributed by atoms with Gasteiger partial charge in [-0.25, -0.2) is 9.18 Å². The van der Waals surface area contributed by atoms with E-state index in [1.807, 2.05) is 24.3 Å². The zero-order chi connectivity index (χ0) is 18.1. The maximum Gasteiger partial charge on any atom is 0.330 e.